The Morgan fingerprint density at radius 2 is 2.13 bits per heavy atom. The standard InChI is InChI=1S/C21H21N3O5S/c1-12-9-16(17-10-27-14-6-2-3-7-15(14)28-17)29-20(26)18(12)19(25)23-8-4-5-13-11-30-21(22)24-13/h2-3,6-7,9,11,17H,4-5,8,10H2,1H3,(H2,22,24)(H,23,25). The van der Waals surface area contributed by atoms with Crippen LogP contribution in [0.25, 0.3) is 0 Å². The van der Waals surface area contributed by atoms with Crippen molar-refractivity contribution in [3.8, 4) is 11.5 Å². The van der Waals surface area contributed by atoms with Crippen LogP contribution in [0.1, 0.15) is 39.9 Å². The molecule has 3 N–H and O–H groups in total. The summed E-state index contributed by atoms with van der Waals surface area (Å²) < 4.78 is 17.0. The van der Waals surface area contributed by atoms with Gasteiger partial charge in [-0.25, -0.2) is 9.78 Å². The van der Waals surface area contributed by atoms with Gasteiger partial charge in [-0.2, -0.15) is 0 Å². The molecular weight excluding hydrogens is 406 g/mol. The number of nitrogens with one attached hydrogen (secondary N) is 1. The highest BCUT2D eigenvalue weighted by Crippen LogP contribution is 2.35. The summed E-state index contributed by atoms with van der Waals surface area (Å²) in [6, 6.07) is 8.93. The number of fused-ring (bicyclic) bond motifs is 1. The second-order valence-electron chi connectivity index (χ2n) is 6.90. The number of carbonyl (C=O) groups is 1. The molecule has 0 aliphatic carbocycles. The van der Waals surface area contributed by atoms with Gasteiger partial charge >= 0.3 is 5.63 Å². The van der Waals surface area contributed by atoms with Gasteiger partial charge in [-0.05, 0) is 43.5 Å². The summed E-state index contributed by atoms with van der Waals surface area (Å²) >= 11 is 1.39. The van der Waals surface area contributed by atoms with Gasteiger partial charge in [0.1, 0.15) is 12.2 Å². The minimum Gasteiger partial charge on any atom is -0.485 e. The van der Waals surface area contributed by atoms with Crippen LogP contribution >= 0.6 is 11.3 Å². The third-order valence-electron chi connectivity index (χ3n) is 4.69. The SMILES string of the molecule is Cc1cc(C2COc3ccccc3O2)oc(=O)c1C(=O)NCCCc1csc(N)n1. The number of benzene rings is 1. The first-order valence-corrected chi connectivity index (χ1v) is 10.4. The molecule has 0 radical (unpaired) electrons. The normalized spacial score (nSPS) is 15.0. The molecule has 1 atom stereocenters. The van der Waals surface area contributed by atoms with Gasteiger partial charge in [0, 0.05) is 11.9 Å². The molecule has 1 unspecified atom stereocenters. The van der Waals surface area contributed by atoms with Gasteiger partial charge in [-0.3, -0.25) is 4.79 Å². The molecule has 1 amide bonds. The number of para-hydroxylation sites is 2. The van der Waals surface area contributed by atoms with Crippen molar-refractivity contribution in [2.45, 2.75) is 25.9 Å². The smallest absolute Gasteiger partial charge is 0.349 e. The number of rotatable bonds is 6. The minimum atomic E-state index is -0.697. The van der Waals surface area contributed by atoms with E-state index in [4.69, 9.17) is 19.6 Å². The predicted molar refractivity (Wildman–Crippen MR) is 112 cm³/mol. The van der Waals surface area contributed by atoms with Crippen LogP contribution in [0.2, 0.25) is 0 Å². The fraction of sp³-hybridized carbons (Fsp3) is 0.286. The Morgan fingerprint density at radius 1 is 1.33 bits per heavy atom. The quantitative estimate of drug-likeness (QED) is 0.581. The molecule has 0 saturated carbocycles. The molecule has 0 bridgehead atoms. The number of nitrogens with two attached hydrogens (primary N) is 1. The number of nitrogens with zero attached hydrogens (tertiary/aromatic N) is 1. The number of nitrogen functional groups attached to an aromatic ring is 1. The van der Waals surface area contributed by atoms with Crippen LogP contribution in [0.4, 0.5) is 5.13 Å². The average Bonchev–Trinajstić information content (AvgIpc) is 3.15. The molecule has 30 heavy (non-hydrogen) atoms. The number of amides is 1. The van der Waals surface area contributed by atoms with Gasteiger partial charge in [0.05, 0.1) is 5.69 Å². The summed E-state index contributed by atoms with van der Waals surface area (Å²) in [6.45, 7) is 2.32. The van der Waals surface area contributed by atoms with Crippen LogP contribution in [0.15, 0.2) is 44.9 Å². The lowest BCUT2D eigenvalue weighted by Crippen LogP contribution is -2.31. The van der Waals surface area contributed by atoms with Gasteiger partial charge in [0.15, 0.2) is 28.5 Å². The van der Waals surface area contributed by atoms with Crippen LogP contribution in [0.3, 0.4) is 0 Å². The lowest BCUT2D eigenvalue weighted by Gasteiger charge is -2.25. The first-order chi connectivity index (χ1) is 14.5. The number of anilines is 1. The second kappa shape index (κ2) is 8.58. The van der Waals surface area contributed by atoms with Crippen LogP contribution in [0, 0.1) is 6.92 Å². The third-order valence-corrected chi connectivity index (χ3v) is 5.41. The van der Waals surface area contributed by atoms with Crippen molar-refractivity contribution in [1.29, 1.82) is 0 Å². The number of hydrogen-bond acceptors (Lipinski definition) is 8. The first kappa shape index (κ1) is 20.0. The van der Waals surface area contributed by atoms with Crippen LogP contribution in [0.5, 0.6) is 11.5 Å². The molecule has 1 aliphatic heterocycles. The van der Waals surface area contributed by atoms with E-state index in [1.54, 1.807) is 19.1 Å². The van der Waals surface area contributed by atoms with E-state index in [-0.39, 0.29) is 12.2 Å². The zero-order valence-electron chi connectivity index (χ0n) is 16.3. The summed E-state index contributed by atoms with van der Waals surface area (Å²) in [5, 5.41) is 5.18. The second-order valence-corrected chi connectivity index (χ2v) is 7.78. The molecule has 2 aromatic heterocycles. The molecule has 3 aromatic rings. The van der Waals surface area contributed by atoms with Crippen molar-refractivity contribution in [2.75, 3.05) is 18.9 Å². The molecular formula is C21H21N3O5S. The molecule has 8 nitrogen and oxygen atoms in total. The van der Waals surface area contributed by atoms with Gasteiger partial charge in [-0.1, -0.05) is 12.1 Å². The van der Waals surface area contributed by atoms with E-state index in [9.17, 15) is 9.59 Å². The highest BCUT2D eigenvalue weighted by molar-refractivity contribution is 7.13. The highest BCUT2D eigenvalue weighted by Gasteiger charge is 2.26. The van der Waals surface area contributed by atoms with Gasteiger partial charge < -0.3 is 24.9 Å². The van der Waals surface area contributed by atoms with Crippen LogP contribution in [-0.2, 0) is 6.42 Å². The lowest BCUT2D eigenvalue weighted by atomic mass is 10.1. The van der Waals surface area contributed by atoms with E-state index in [2.05, 4.69) is 10.3 Å². The Hall–Kier alpha value is -3.33. The van der Waals surface area contributed by atoms with E-state index in [1.807, 2.05) is 23.6 Å². The molecule has 156 valence electrons. The number of ether oxygens (including phenoxy) is 2. The molecule has 3 heterocycles. The maximum atomic E-state index is 12.5. The fourth-order valence-electron chi connectivity index (χ4n) is 3.22. The maximum absolute atomic E-state index is 12.5. The first-order valence-electron chi connectivity index (χ1n) is 9.52. The predicted octanol–water partition coefficient (Wildman–Crippen LogP) is 2.86. The van der Waals surface area contributed by atoms with E-state index in [1.165, 1.54) is 11.3 Å². The molecule has 9 heteroatoms. The number of carbonyl (C=O) groups excluding carboxylic acids is 1. The summed E-state index contributed by atoms with van der Waals surface area (Å²) in [6.07, 6.45) is 0.819. The average molecular weight is 427 g/mol. The molecule has 4 rings (SSSR count). The lowest BCUT2D eigenvalue weighted by molar-refractivity contribution is 0.0721. The number of aryl methyl sites for hydroxylation is 2. The Labute approximate surface area is 176 Å². The minimum absolute atomic E-state index is 0.00576. The Morgan fingerprint density at radius 3 is 2.87 bits per heavy atom. The van der Waals surface area contributed by atoms with Crippen molar-refractivity contribution >= 4 is 22.4 Å². The summed E-state index contributed by atoms with van der Waals surface area (Å²) in [5.74, 6) is 1.09. The Bertz CT molecular complexity index is 1120. The van der Waals surface area contributed by atoms with E-state index >= 15 is 0 Å². The molecule has 0 spiro atoms. The van der Waals surface area contributed by atoms with E-state index < -0.39 is 17.6 Å². The van der Waals surface area contributed by atoms with Crippen LogP contribution < -0.4 is 26.1 Å². The molecule has 0 saturated heterocycles. The van der Waals surface area contributed by atoms with Gasteiger partial charge in [0.25, 0.3) is 5.91 Å². The zero-order valence-corrected chi connectivity index (χ0v) is 17.2. The van der Waals surface area contributed by atoms with Gasteiger partial charge in [0.2, 0.25) is 0 Å². The van der Waals surface area contributed by atoms with Crippen LogP contribution in [-0.4, -0.2) is 24.0 Å². The van der Waals surface area contributed by atoms with E-state index in [0.717, 1.165) is 5.69 Å². The zero-order chi connectivity index (χ0) is 21.1. The molecule has 1 aliphatic rings. The molecule has 0 fully saturated rings. The van der Waals surface area contributed by atoms with Crippen molar-refractivity contribution in [3.05, 3.63) is 68.7 Å². The van der Waals surface area contributed by atoms with Crippen molar-refractivity contribution < 1.29 is 18.7 Å². The number of thiazole rings is 1. The van der Waals surface area contributed by atoms with E-state index in [0.29, 0.717) is 47.3 Å². The molecule has 1 aromatic carbocycles. The van der Waals surface area contributed by atoms with Crippen molar-refractivity contribution in [1.82, 2.24) is 10.3 Å². The summed E-state index contributed by atoms with van der Waals surface area (Å²) in [5.41, 5.74) is 6.32. The van der Waals surface area contributed by atoms with Gasteiger partial charge in [-0.15, -0.1) is 11.3 Å². The largest absolute Gasteiger partial charge is 0.485 e. The highest BCUT2D eigenvalue weighted by atomic mass is 32.1. The number of aromatic nitrogens is 1. The Kier molecular flexibility index (Phi) is 5.71. The third kappa shape index (κ3) is 4.30. The van der Waals surface area contributed by atoms with Crippen molar-refractivity contribution in [2.24, 2.45) is 0 Å². The fourth-order valence-corrected chi connectivity index (χ4v) is 3.82. The number of hydrogen-bond donors (Lipinski definition) is 2. The Balaban J connectivity index is 1.40. The topological polar surface area (TPSA) is 117 Å². The summed E-state index contributed by atoms with van der Waals surface area (Å²) in [7, 11) is 0. The monoisotopic (exact) mass is 427 g/mol. The maximum Gasteiger partial charge on any atom is 0.349 e. The van der Waals surface area contributed by atoms with Crippen molar-refractivity contribution in [3.63, 3.8) is 0 Å². The summed E-state index contributed by atoms with van der Waals surface area (Å²) in [4.78, 5) is 29.2.